The van der Waals surface area contributed by atoms with Crippen molar-refractivity contribution in [2.24, 2.45) is 5.41 Å². The quantitative estimate of drug-likeness (QED) is 0.820. The molecule has 0 saturated heterocycles. The van der Waals surface area contributed by atoms with E-state index < -0.39 is 5.82 Å². The molecule has 0 aliphatic carbocycles. The van der Waals surface area contributed by atoms with E-state index in [1.54, 1.807) is 13.2 Å². The molecule has 0 aliphatic heterocycles. The summed E-state index contributed by atoms with van der Waals surface area (Å²) in [4.78, 5) is 3.02. The zero-order valence-corrected chi connectivity index (χ0v) is 13.4. The first kappa shape index (κ1) is 15.5. The number of nitrogens with zero attached hydrogens (tertiary/aromatic N) is 1. The van der Waals surface area contributed by atoms with Gasteiger partial charge in [-0.3, -0.25) is 0 Å². The van der Waals surface area contributed by atoms with Crippen LogP contribution in [0.1, 0.15) is 20.3 Å². The summed E-state index contributed by atoms with van der Waals surface area (Å²) in [6, 6.07) is 3.00. The zero-order chi connectivity index (χ0) is 14.9. The van der Waals surface area contributed by atoms with Crippen molar-refractivity contribution in [2.45, 2.75) is 26.8 Å². The van der Waals surface area contributed by atoms with Crippen molar-refractivity contribution in [3.8, 4) is 0 Å². The average molecular weight is 317 g/mol. The van der Waals surface area contributed by atoms with Gasteiger partial charge in [0.25, 0.3) is 0 Å². The van der Waals surface area contributed by atoms with Crippen LogP contribution in [0.15, 0.2) is 12.1 Å². The van der Waals surface area contributed by atoms with Crippen LogP contribution in [0.2, 0.25) is 5.02 Å². The number of aromatic amines is 1. The molecule has 0 amide bonds. The van der Waals surface area contributed by atoms with Gasteiger partial charge < -0.3 is 14.3 Å². The summed E-state index contributed by atoms with van der Waals surface area (Å²) in [5, 5.41) is 0.106. The number of halogens is 2. The van der Waals surface area contributed by atoms with Crippen LogP contribution >= 0.6 is 23.8 Å². The summed E-state index contributed by atoms with van der Waals surface area (Å²) in [6.45, 7) is 5.71. The molecule has 0 saturated carbocycles. The Balaban J connectivity index is 2.41. The van der Waals surface area contributed by atoms with Crippen LogP contribution in [-0.4, -0.2) is 23.3 Å². The zero-order valence-electron chi connectivity index (χ0n) is 11.8. The number of H-pyrrole nitrogens is 1. The molecular formula is C14H18ClFN2OS. The van der Waals surface area contributed by atoms with Crippen LogP contribution in [0.4, 0.5) is 4.39 Å². The molecule has 2 rings (SSSR count). The Labute approximate surface area is 127 Å². The molecule has 20 heavy (non-hydrogen) atoms. The highest BCUT2D eigenvalue weighted by Crippen LogP contribution is 2.28. The molecule has 0 fully saturated rings. The summed E-state index contributed by atoms with van der Waals surface area (Å²) in [5.74, 6) is -0.443. The molecule has 110 valence electrons. The lowest BCUT2D eigenvalue weighted by molar-refractivity contribution is 0.143. The number of benzene rings is 1. The van der Waals surface area contributed by atoms with E-state index in [0.717, 1.165) is 18.5 Å². The number of aromatic nitrogens is 2. The van der Waals surface area contributed by atoms with Crippen molar-refractivity contribution in [1.29, 1.82) is 0 Å². The molecule has 2 aromatic rings. The van der Waals surface area contributed by atoms with Gasteiger partial charge in [0, 0.05) is 26.3 Å². The summed E-state index contributed by atoms with van der Waals surface area (Å²) < 4.78 is 21.2. The van der Waals surface area contributed by atoms with E-state index in [-0.39, 0.29) is 10.4 Å². The predicted molar refractivity (Wildman–Crippen MR) is 82.4 cm³/mol. The number of hydrogen-bond donors (Lipinski definition) is 1. The highest BCUT2D eigenvalue weighted by Gasteiger charge is 2.20. The average Bonchev–Trinajstić information content (AvgIpc) is 2.64. The van der Waals surface area contributed by atoms with Gasteiger partial charge in [-0.05, 0) is 30.1 Å². The molecule has 1 aromatic heterocycles. The first-order valence-electron chi connectivity index (χ1n) is 6.40. The second-order valence-corrected chi connectivity index (χ2v) is 6.50. The van der Waals surface area contributed by atoms with E-state index in [1.165, 1.54) is 6.07 Å². The SMILES string of the molecule is COCCC(C)(C)Cn1c(=S)[nH]c2cc(F)c(Cl)cc21. The number of imidazole rings is 1. The van der Waals surface area contributed by atoms with Crippen molar-refractivity contribution in [3.63, 3.8) is 0 Å². The maximum Gasteiger partial charge on any atom is 0.178 e. The number of fused-ring (bicyclic) bond motifs is 1. The Morgan fingerprint density at radius 1 is 1.45 bits per heavy atom. The van der Waals surface area contributed by atoms with Gasteiger partial charge in [0.05, 0.1) is 16.1 Å². The first-order chi connectivity index (χ1) is 9.34. The maximum absolute atomic E-state index is 13.5. The lowest BCUT2D eigenvalue weighted by Crippen LogP contribution is -2.21. The fraction of sp³-hybridized carbons (Fsp3) is 0.500. The fourth-order valence-electron chi connectivity index (χ4n) is 2.19. The predicted octanol–water partition coefficient (Wildman–Crippen LogP) is 4.55. The lowest BCUT2D eigenvalue weighted by Gasteiger charge is -2.25. The molecule has 0 unspecified atom stereocenters. The number of methoxy groups -OCH3 is 1. The van der Waals surface area contributed by atoms with Crippen molar-refractivity contribution in [1.82, 2.24) is 9.55 Å². The fourth-order valence-corrected chi connectivity index (χ4v) is 2.63. The Bertz CT molecular complexity index is 678. The van der Waals surface area contributed by atoms with Gasteiger partial charge >= 0.3 is 0 Å². The maximum atomic E-state index is 13.5. The third-order valence-electron chi connectivity index (χ3n) is 3.39. The molecule has 1 aromatic carbocycles. The highest BCUT2D eigenvalue weighted by atomic mass is 35.5. The topological polar surface area (TPSA) is 29.9 Å². The van der Waals surface area contributed by atoms with E-state index in [9.17, 15) is 4.39 Å². The molecule has 0 bridgehead atoms. The van der Waals surface area contributed by atoms with Crippen molar-refractivity contribution >= 4 is 34.9 Å². The summed E-state index contributed by atoms with van der Waals surface area (Å²) >= 11 is 11.2. The Hall–Kier alpha value is -0.910. The van der Waals surface area contributed by atoms with Crippen LogP contribution < -0.4 is 0 Å². The second kappa shape index (κ2) is 5.84. The van der Waals surface area contributed by atoms with Gasteiger partial charge in [0.1, 0.15) is 5.82 Å². The molecule has 0 radical (unpaired) electrons. The highest BCUT2D eigenvalue weighted by molar-refractivity contribution is 7.71. The van der Waals surface area contributed by atoms with Gasteiger partial charge in [-0.2, -0.15) is 0 Å². The Kier molecular flexibility index (Phi) is 4.52. The summed E-state index contributed by atoms with van der Waals surface area (Å²) in [6.07, 6.45) is 0.910. The van der Waals surface area contributed by atoms with Gasteiger partial charge in [0.2, 0.25) is 0 Å². The van der Waals surface area contributed by atoms with E-state index in [1.807, 2.05) is 4.57 Å². The summed E-state index contributed by atoms with van der Waals surface area (Å²) in [7, 11) is 1.69. The molecular weight excluding hydrogens is 299 g/mol. The van der Waals surface area contributed by atoms with Crippen LogP contribution in [0.3, 0.4) is 0 Å². The van der Waals surface area contributed by atoms with Crippen LogP contribution in [0.5, 0.6) is 0 Å². The van der Waals surface area contributed by atoms with Crippen molar-refractivity contribution < 1.29 is 9.13 Å². The Morgan fingerprint density at radius 2 is 2.15 bits per heavy atom. The van der Waals surface area contributed by atoms with E-state index in [4.69, 9.17) is 28.6 Å². The lowest BCUT2D eigenvalue weighted by atomic mass is 9.89. The van der Waals surface area contributed by atoms with Crippen molar-refractivity contribution in [2.75, 3.05) is 13.7 Å². The molecule has 1 N–H and O–H groups in total. The summed E-state index contributed by atoms with van der Waals surface area (Å²) in [5.41, 5.74) is 1.51. The van der Waals surface area contributed by atoms with Gasteiger partial charge in [0.15, 0.2) is 4.77 Å². The van der Waals surface area contributed by atoms with E-state index in [2.05, 4.69) is 18.8 Å². The van der Waals surface area contributed by atoms with Crippen LogP contribution in [0, 0.1) is 16.0 Å². The third kappa shape index (κ3) is 3.22. The largest absolute Gasteiger partial charge is 0.385 e. The minimum atomic E-state index is -0.443. The van der Waals surface area contributed by atoms with Crippen LogP contribution in [-0.2, 0) is 11.3 Å². The monoisotopic (exact) mass is 316 g/mol. The molecule has 0 atom stereocenters. The molecule has 0 spiro atoms. The Morgan fingerprint density at radius 3 is 2.80 bits per heavy atom. The number of ether oxygens (including phenoxy) is 1. The number of nitrogens with one attached hydrogen (secondary N) is 1. The molecule has 6 heteroatoms. The van der Waals surface area contributed by atoms with E-state index >= 15 is 0 Å². The normalized spacial score (nSPS) is 12.2. The molecule has 0 aliphatic rings. The minimum Gasteiger partial charge on any atom is -0.385 e. The van der Waals surface area contributed by atoms with Crippen LogP contribution in [0.25, 0.3) is 11.0 Å². The third-order valence-corrected chi connectivity index (χ3v) is 4.00. The first-order valence-corrected chi connectivity index (χ1v) is 7.19. The molecule has 1 heterocycles. The standard InChI is InChI=1S/C14H18ClFN2OS/c1-14(2,4-5-19-3)8-18-12-6-9(15)10(16)7-11(12)17-13(18)20/h6-7H,4-5,8H2,1-3H3,(H,17,20). The van der Waals surface area contributed by atoms with Gasteiger partial charge in [-0.15, -0.1) is 0 Å². The van der Waals surface area contributed by atoms with Gasteiger partial charge in [-0.25, -0.2) is 4.39 Å². The minimum absolute atomic E-state index is 0.0181. The molecule has 3 nitrogen and oxygen atoms in total. The van der Waals surface area contributed by atoms with Gasteiger partial charge in [-0.1, -0.05) is 25.4 Å². The number of hydrogen-bond acceptors (Lipinski definition) is 2. The number of rotatable bonds is 5. The van der Waals surface area contributed by atoms with E-state index in [0.29, 0.717) is 16.9 Å². The second-order valence-electron chi connectivity index (χ2n) is 5.71. The smallest absolute Gasteiger partial charge is 0.178 e. The van der Waals surface area contributed by atoms with Crippen molar-refractivity contribution in [3.05, 3.63) is 27.7 Å².